The molecule has 0 saturated carbocycles. The van der Waals surface area contributed by atoms with Crippen molar-refractivity contribution in [1.82, 2.24) is 4.57 Å². The zero-order valence-corrected chi connectivity index (χ0v) is 25.4. The maximum absolute atomic E-state index is 14.7. The van der Waals surface area contributed by atoms with Gasteiger partial charge in [0.15, 0.2) is 5.43 Å². The first-order chi connectivity index (χ1) is 14.2. The first-order valence-corrected chi connectivity index (χ1v) is 10.5. The summed E-state index contributed by atoms with van der Waals surface area (Å²) in [6, 6.07) is 8.90. The topological polar surface area (TPSA) is 113 Å². The van der Waals surface area contributed by atoms with Crippen molar-refractivity contribution in [2.24, 2.45) is 0 Å². The van der Waals surface area contributed by atoms with Crippen molar-refractivity contribution in [3.8, 4) is 22.6 Å². The van der Waals surface area contributed by atoms with Crippen molar-refractivity contribution in [2.45, 2.75) is 20.1 Å². The Hall–Kier alpha value is 0.563. The van der Waals surface area contributed by atoms with Crippen molar-refractivity contribution < 1.29 is 136 Å². The minimum atomic E-state index is -5.32. The van der Waals surface area contributed by atoms with Gasteiger partial charge in [-0.1, -0.05) is 19.1 Å². The zero-order valence-electron chi connectivity index (χ0n) is 18.3. The summed E-state index contributed by atoms with van der Waals surface area (Å²) in [6.07, 6.45) is 1.96. The fourth-order valence-corrected chi connectivity index (χ4v) is 3.27. The molecule has 0 amide bonds. The molecule has 12 heteroatoms. The summed E-state index contributed by atoms with van der Waals surface area (Å²) in [4.78, 5) is 35.1. The van der Waals surface area contributed by atoms with Crippen LogP contribution in [-0.4, -0.2) is 18.3 Å². The summed E-state index contributed by atoms with van der Waals surface area (Å²) < 4.78 is 42.0. The van der Waals surface area contributed by atoms with E-state index in [4.69, 9.17) is 9.47 Å². The molecule has 8 nitrogen and oxygen atoms in total. The minimum absolute atomic E-state index is 0. The Morgan fingerprint density at radius 3 is 2.31 bits per heavy atom. The van der Waals surface area contributed by atoms with Crippen molar-refractivity contribution in [3.63, 3.8) is 0 Å². The van der Waals surface area contributed by atoms with Crippen LogP contribution in [-0.2, 0) is 15.8 Å². The van der Waals surface area contributed by atoms with Crippen molar-refractivity contribution in [2.75, 3.05) is 13.7 Å². The molecule has 0 aliphatic rings. The van der Waals surface area contributed by atoms with E-state index in [2.05, 4.69) is 4.52 Å². The number of ether oxygens (including phenoxy) is 2. The molecule has 0 unspecified atom stereocenters. The normalized spacial score (nSPS) is 10.9. The van der Waals surface area contributed by atoms with Crippen LogP contribution in [0.5, 0.6) is 11.5 Å². The first kappa shape index (κ1) is 30.6. The Morgan fingerprint density at radius 2 is 1.75 bits per heavy atom. The van der Waals surface area contributed by atoms with Crippen LogP contribution in [0.1, 0.15) is 13.3 Å². The second-order valence-corrected chi connectivity index (χ2v) is 7.55. The largest absolute Gasteiger partial charge is 1.00 e. The standard InChI is InChI=1S/C20H21FNO7P.2K/c1-3-10-28-17-9-8-16(21)18-19(17)22(12-29-30(24,25)26)11-15(20(18)23)13-4-6-14(27-2)7-5-13;;/h4-9,11H,3,10,12H2,1-2H3,(H2,24,25,26);;/q;2*+1/p-2. The van der Waals surface area contributed by atoms with Gasteiger partial charge in [-0.3, -0.25) is 4.79 Å². The molecule has 0 N–H and O–H groups in total. The molecule has 1 aromatic heterocycles. The number of nitrogens with zero attached hydrogens (tertiary/aromatic N) is 1. The van der Waals surface area contributed by atoms with E-state index >= 15 is 0 Å². The van der Waals surface area contributed by atoms with Gasteiger partial charge in [-0.25, -0.2) is 4.39 Å². The van der Waals surface area contributed by atoms with Gasteiger partial charge >= 0.3 is 103 Å². The molecule has 3 rings (SSSR count). The molecule has 0 aliphatic carbocycles. The predicted octanol–water partition coefficient (Wildman–Crippen LogP) is -3.58. The van der Waals surface area contributed by atoms with Crippen LogP contribution >= 0.6 is 7.82 Å². The maximum Gasteiger partial charge on any atom is 1.00 e. The molecule has 0 aliphatic heterocycles. The van der Waals surface area contributed by atoms with Gasteiger partial charge in [0, 0.05) is 11.8 Å². The number of benzene rings is 2. The number of hydrogen-bond donors (Lipinski definition) is 0. The number of methoxy groups -OCH3 is 1. The van der Waals surface area contributed by atoms with Gasteiger partial charge in [-0.2, -0.15) is 0 Å². The van der Waals surface area contributed by atoms with Crippen LogP contribution in [0.2, 0.25) is 0 Å². The maximum atomic E-state index is 14.7. The molecule has 2 aromatic carbocycles. The molecule has 0 radical (unpaired) electrons. The molecular formula is C20H19FK2NO7P. The van der Waals surface area contributed by atoms with Crippen LogP contribution < -0.4 is 127 Å². The van der Waals surface area contributed by atoms with E-state index in [0.717, 1.165) is 6.07 Å². The third-order valence-electron chi connectivity index (χ3n) is 4.35. The Labute approximate surface area is 269 Å². The van der Waals surface area contributed by atoms with Gasteiger partial charge in [-0.05, 0) is 36.2 Å². The summed E-state index contributed by atoms with van der Waals surface area (Å²) >= 11 is 0. The predicted molar refractivity (Wildman–Crippen MR) is 105 cm³/mol. The zero-order chi connectivity index (χ0) is 21.9. The van der Waals surface area contributed by atoms with Crippen LogP contribution in [0, 0.1) is 5.82 Å². The summed E-state index contributed by atoms with van der Waals surface area (Å²) in [7, 11) is -3.82. The third kappa shape index (κ3) is 7.53. The van der Waals surface area contributed by atoms with Crippen LogP contribution in [0.25, 0.3) is 22.0 Å². The van der Waals surface area contributed by atoms with E-state index in [1.165, 1.54) is 23.9 Å². The number of aromatic nitrogens is 1. The fourth-order valence-electron chi connectivity index (χ4n) is 3.00. The summed E-state index contributed by atoms with van der Waals surface area (Å²) in [6.45, 7) is 1.42. The summed E-state index contributed by atoms with van der Waals surface area (Å²) in [5, 5.41) is -0.299. The molecule has 1 heterocycles. The number of phosphoric acid groups is 1. The van der Waals surface area contributed by atoms with Gasteiger partial charge in [-0.15, -0.1) is 0 Å². The van der Waals surface area contributed by atoms with Gasteiger partial charge in [0.05, 0.1) is 32.4 Å². The van der Waals surface area contributed by atoms with E-state index < -0.39 is 25.8 Å². The molecule has 0 fully saturated rings. The minimum Gasteiger partial charge on any atom is -0.790 e. The number of phosphoric ester groups is 1. The molecule has 0 saturated heterocycles. The number of fused-ring (bicyclic) bond motifs is 1. The summed E-state index contributed by atoms with van der Waals surface area (Å²) in [5.41, 5.74) is -0.0764. The van der Waals surface area contributed by atoms with Crippen LogP contribution in [0.3, 0.4) is 0 Å². The van der Waals surface area contributed by atoms with Gasteiger partial charge < -0.3 is 32.9 Å². The van der Waals surface area contributed by atoms with Crippen molar-refractivity contribution in [3.05, 3.63) is 58.6 Å². The molecule has 3 aromatic rings. The van der Waals surface area contributed by atoms with Gasteiger partial charge in [0.2, 0.25) is 0 Å². The molecule has 0 atom stereocenters. The average molecular weight is 514 g/mol. The third-order valence-corrected chi connectivity index (χ3v) is 4.78. The number of pyridine rings is 1. The molecule has 32 heavy (non-hydrogen) atoms. The average Bonchev–Trinajstić information content (AvgIpc) is 2.72. The quantitative estimate of drug-likeness (QED) is 0.226. The Bertz CT molecular complexity index is 1170. The number of hydrogen-bond acceptors (Lipinski definition) is 7. The van der Waals surface area contributed by atoms with Crippen molar-refractivity contribution >= 4 is 18.7 Å². The Kier molecular flexibility index (Phi) is 13.0. The van der Waals surface area contributed by atoms with E-state index in [1.807, 2.05) is 6.92 Å². The fraction of sp³-hybridized carbons (Fsp3) is 0.250. The smallest absolute Gasteiger partial charge is 0.790 e. The van der Waals surface area contributed by atoms with E-state index in [1.54, 1.807) is 24.3 Å². The molecule has 160 valence electrons. The number of rotatable bonds is 8. The molecule has 0 spiro atoms. The number of halogens is 1. The molecular weight excluding hydrogens is 494 g/mol. The second-order valence-electron chi connectivity index (χ2n) is 6.39. The Morgan fingerprint density at radius 1 is 1.09 bits per heavy atom. The van der Waals surface area contributed by atoms with E-state index in [0.29, 0.717) is 17.7 Å². The first-order valence-electron chi connectivity index (χ1n) is 9.04. The summed E-state index contributed by atoms with van der Waals surface area (Å²) in [5.74, 6) is -0.0828. The second kappa shape index (κ2) is 13.6. The van der Waals surface area contributed by atoms with E-state index in [9.17, 15) is 23.5 Å². The molecule has 0 bridgehead atoms. The van der Waals surface area contributed by atoms with Crippen LogP contribution in [0.4, 0.5) is 4.39 Å². The van der Waals surface area contributed by atoms with Gasteiger partial charge in [0.1, 0.15) is 24.0 Å². The van der Waals surface area contributed by atoms with Gasteiger partial charge in [0.25, 0.3) is 0 Å². The monoisotopic (exact) mass is 513 g/mol. The van der Waals surface area contributed by atoms with Crippen molar-refractivity contribution in [1.29, 1.82) is 0 Å². The van der Waals surface area contributed by atoms with Crippen LogP contribution in [0.15, 0.2) is 47.4 Å². The SMILES string of the molecule is CCCOc1ccc(F)c2c(=O)c(-c3ccc(OC)cc3)cn(COP(=O)([O-])[O-])c12.[K+].[K+]. The Balaban J connectivity index is 0.00000256. The van der Waals surface area contributed by atoms with E-state index in [-0.39, 0.29) is 132 Å².